The number of hydrogen-bond donors (Lipinski definition) is 2. The summed E-state index contributed by atoms with van der Waals surface area (Å²) in [6.45, 7) is 1.71. The molecule has 0 fully saturated rings. The van der Waals surface area contributed by atoms with Crippen molar-refractivity contribution < 1.29 is 14.4 Å². The summed E-state index contributed by atoms with van der Waals surface area (Å²) in [5.74, 6) is -0.331. The number of halogens is 1. The predicted octanol–water partition coefficient (Wildman–Crippen LogP) is 2.18. The van der Waals surface area contributed by atoms with E-state index in [2.05, 4.69) is 10.4 Å². The second-order valence-electron chi connectivity index (χ2n) is 4.80. The average Bonchev–Trinajstić information content (AvgIpc) is 2.81. The molecule has 7 nitrogen and oxygen atoms in total. The maximum Gasteiger partial charge on any atom is 0.333 e. The van der Waals surface area contributed by atoms with Crippen molar-refractivity contribution in [3.8, 4) is 0 Å². The molecule has 2 rings (SSSR count). The summed E-state index contributed by atoms with van der Waals surface area (Å²) in [4.78, 5) is 10.7. The third-order valence-electron chi connectivity index (χ3n) is 3.34. The number of aliphatic hydroxyl groups is 1. The molecule has 0 aliphatic rings. The number of aryl methyl sites for hydroxylation is 2. The molecule has 1 aromatic carbocycles. The highest BCUT2D eigenvalue weighted by atomic mass is 19.1. The number of nitrogens with zero attached hydrogens (tertiary/aromatic N) is 3. The highest BCUT2D eigenvalue weighted by molar-refractivity contribution is 5.60. The molecule has 0 spiro atoms. The Balaban J connectivity index is 2.20. The SMILES string of the molecule is CCc1nn(C)c(NCC(O)c2ccccc2F)c1[N+](=O)[O-]. The van der Waals surface area contributed by atoms with Crippen LogP contribution in [0.5, 0.6) is 0 Å². The van der Waals surface area contributed by atoms with Crippen molar-refractivity contribution >= 4 is 11.5 Å². The van der Waals surface area contributed by atoms with E-state index in [4.69, 9.17) is 0 Å². The lowest BCUT2D eigenvalue weighted by Crippen LogP contribution is -2.16. The summed E-state index contributed by atoms with van der Waals surface area (Å²) in [7, 11) is 1.57. The van der Waals surface area contributed by atoms with Crippen molar-refractivity contribution in [3.63, 3.8) is 0 Å². The zero-order chi connectivity index (χ0) is 16.3. The molecule has 1 aromatic heterocycles. The molecule has 1 heterocycles. The van der Waals surface area contributed by atoms with Gasteiger partial charge in [-0.15, -0.1) is 0 Å². The highest BCUT2D eigenvalue weighted by Gasteiger charge is 2.26. The van der Waals surface area contributed by atoms with Crippen molar-refractivity contribution in [2.75, 3.05) is 11.9 Å². The first-order chi connectivity index (χ1) is 10.5. The first kappa shape index (κ1) is 15.9. The fourth-order valence-corrected chi connectivity index (χ4v) is 2.25. The number of nitrogens with one attached hydrogen (secondary N) is 1. The van der Waals surface area contributed by atoms with E-state index in [-0.39, 0.29) is 23.6 Å². The lowest BCUT2D eigenvalue weighted by atomic mass is 10.1. The van der Waals surface area contributed by atoms with Gasteiger partial charge in [-0.25, -0.2) is 9.07 Å². The van der Waals surface area contributed by atoms with E-state index in [1.54, 1.807) is 20.0 Å². The molecule has 0 saturated heterocycles. The van der Waals surface area contributed by atoms with E-state index in [1.807, 2.05) is 0 Å². The van der Waals surface area contributed by atoms with Crippen LogP contribution in [-0.2, 0) is 13.5 Å². The number of aliphatic hydroxyl groups excluding tert-OH is 1. The quantitative estimate of drug-likeness (QED) is 0.630. The molecule has 1 atom stereocenters. The molecule has 8 heteroatoms. The van der Waals surface area contributed by atoms with Crippen LogP contribution >= 0.6 is 0 Å². The van der Waals surface area contributed by atoms with Crippen LogP contribution in [0.4, 0.5) is 15.9 Å². The number of benzene rings is 1. The van der Waals surface area contributed by atoms with Crippen LogP contribution in [0.25, 0.3) is 0 Å². The molecule has 0 saturated carbocycles. The van der Waals surface area contributed by atoms with Gasteiger partial charge in [-0.2, -0.15) is 5.10 Å². The monoisotopic (exact) mass is 308 g/mol. The van der Waals surface area contributed by atoms with Gasteiger partial charge in [0, 0.05) is 19.2 Å². The maximum absolute atomic E-state index is 13.6. The smallest absolute Gasteiger partial charge is 0.333 e. The van der Waals surface area contributed by atoms with Gasteiger partial charge in [-0.1, -0.05) is 25.1 Å². The topological polar surface area (TPSA) is 93.2 Å². The first-order valence-corrected chi connectivity index (χ1v) is 6.82. The third-order valence-corrected chi connectivity index (χ3v) is 3.34. The predicted molar refractivity (Wildman–Crippen MR) is 79.1 cm³/mol. The molecule has 0 bridgehead atoms. The minimum absolute atomic E-state index is 0.0650. The minimum Gasteiger partial charge on any atom is -0.386 e. The summed E-state index contributed by atoms with van der Waals surface area (Å²) < 4.78 is 14.9. The van der Waals surface area contributed by atoms with E-state index in [0.29, 0.717) is 12.1 Å². The van der Waals surface area contributed by atoms with Gasteiger partial charge in [0.2, 0.25) is 5.82 Å². The average molecular weight is 308 g/mol. The summed E-state index contributed by atoms with van der Waals surface area (Å²) in [5.41, 5.74) is 0.372. The van der Waals surface area contributed by atoms with Crippen molar-refractivity contribution in [2.45, 2.75) is 19.4 Å². The Morgan fingerprint density at radius 3 is 2.77 bits per heavy atom. The third kappa shape index (κ3) is 3.06. The summed E-state index contributed by atoms with van der Waals surface area (Å²) in [5, 5.41) is 28.1. The Labute approximate surface area is 126 Å². The number of aromatic nitrogens is 2. The Hall–Kier alpha value is -2.48. The van der Waals surface area contributed by atoms with Crippen molar-refractivity contribution in [3.05, 3.63) is 51.5 Å². The Morgan fingerprint density at radius 2 is 2.18 bits per heavy atom. The molecule has 2 N–H and O–H groups in total. The minimum atomic E-state index is -1.12. The molecule has 0 radical (unpaired) electrons. The molecular formula is C14H17FN4O3. The molecule has 0 aliphatic heterocycles. The van der Waals surface area contributed by atoms with Crippen molar-refractivity contribution in [1.29, 1.82) is 0 Å². The largest absolute Gasteiger partial charge is 0.386 e. The van der Waals surface area contributed by atoms with Gasteiger partial charge in [-0.3, -0.25) is 10.1 Å². The van der Waals surface area contributed by atoms with E-state index in [1.165, 1.54) is 22.9 Å². The van der Waals surface area contributed by atoms with Gasteiger partial charge >= 0.3 is 5.69 Å². The molecule has 118 valence electrons. The molecule has 1 unspecified atom stereocenters. The van der Waals surface area contributed by atoms with Crippen LogP contribution in [0.1, 0.15) is 24.3 Å². The van der Waals surface area contributed by atoms with Crippen molar-refractivity contribution in [2.24, 2.45) is 7.05 Å². The van der Waals surface area contributed by atoms with Crippen molar-refractivity contribution in [1.82, 2.24) is 9.78 Å². The van der Waals surface area contributed by atoms with Gasteiger partial charge in [0.05, 0.1) is 11.0 Å². The Bertz CT molecular complexity index is 687. The Morgan fingerprint density at radius 1 is 1.50 bits per heavy atom. The molecule has 0 amide bonds. The zero-order valence-electron chi connectivity index (χ0n) is 12.3. The van der Waals surface area contributed by atoms with Gasteiger partial charge in [0.1, 0.15) is 11.5 Å². The first-order valence-electron chi connectivity index (χ1n) is 6.82. The zero-order valence-corrected chi connectivity index (χ0v) is 12.3. The van der Waals surface area contributed by atoms with Crippen LogP contribution in [0.15, 0.2) is 24.3 Å². The molecule has 22 heavy (non-hydrogen) atoms. The summed E-state index contributed by atoms with van der Waals surface area (Å²) >= 11 is 0. The second kappa shape index (κ2) is 6.52. The summed E-state index contributed by atoms with van der Waals surface area (Å²) in [6, 6.07) is 5.86. The standard InChI is InChI=1S/C14H17FN4O3/c1-3-11-13(19(21)22)14(18(2)17-11)16-8-12(20)9-6-4-5-7-10(9)15/h4-7,12,16,20H,3,8H2,1-2H3. The molecule has 2 aromatic rings. The van der Waals surface area contributed by atoms with E-state index in [0.717, 1.165) is 0 Å². The van der Waals surface area contributed by atoms with E-state index in [9.17, 15) is 19.6 Å². The lowest BCUT2D eigenvalue weighted by Gasteiger charge is -2.13. The van der Waals surface area contributed by atoms with Crippen LogP contribution in [0.3, 0.4) is 0 Å². The van der Waals surface area contributed by atoms with Gasteiger partial charge in [0.15, 0.2) is 0 Å². The number of nitro groups is 1. The van der Waals surface area contributed by atoms with Gasteiger partial charge in [-0.05, 0) is 12.5 Å². The Kier molecular flexibility index (Phi) is 4.71. The summed E-state index contributed by atoms with van der Waals surface area (Å²) in [6.07, 6.45) is -0.706. The molecular weight excluding hydrogens is 291 g/mol. The number of rotatable bonds is 6. The normalized spacial score (nSPS) is 12.2. The fraction of sp³-hybridized carbons (Fsp3) is 0.357. The maximum atomic E-state index is 13.6. The van der Waals surface area contributed by atoms with Gasteiger partial charge in [0.25, 0.3) is 0 Å². The molecule has 0 aliphatic carbocycles. The highest BCUT2D eigenvalue weighted by Crippen LogP contribution is 2.29. The van der Waals surface area contributed by atoms with Gasteiger partial charge < -0.3 is 10.4 Å². The second-order valence-corrected chi connectivity index (χ2v) is 4.80. The van der Waals surface area contributed by atoms with E-state index >= 15 is 0 Å². The number of hydrogen-bond acceptors (Lipinski definition) is 5. The van der Waals surface area contributed by atoms with Crippen LogP contribution in [-0.4, -0.2) is 26.4 Å². The van der Waals surface area contributed by atoms with Crippen LogP contribution in [0, 0.1) is 15.9 Å². The van der Waals surface area contributed by atoms with Crippen LogP contribution < -0.4 is 5.32 Å². The fourth-order valence-electron chi connectivity index (χ4n) is 2.25. The lowest BCUT2D eigenvalue weighted by molar-refractivity contribution is -0.384. The van der Waals surface area contributed by atoms with E-state index < -0.39 is 16.8 Å². The van der Waals surface area contributed by atoms with Crippen LogP contribution in [0.2, 0.25) is 0 Å². The number of anilines is 1.